The van der Waals surface area contributed by atoms with E-state index in [1.54, 1.807) is 6.33 Å². The van der Waals surface area contributed by atoms with Gasteiger partial charge < -0.3 is 0 Å². The molecule has 23 heavy (non-hydrogen) atoms. The van der Waals surface area contributed by atoms with Crippen LogP contribution in [0, 0.1) is 0 Å². The summed E-state index contributed by atoms with van der Waals surface area (Å²) >= 11 is 0. The van der Waals surface area contributed by atoms with E-state index in [4.69, 9.17) is 0 Å². The summed E-state index contributed by atoms with van der Waals surface area (Å²) in [4.78, 5) is 4.01. The van der Waals surface area contributed by atoms with Gasteiger partial charge in [-0.1, -0.05) is 96.8 Å². The topological polar surface area (TPSA) is 30.7 Å². The molecular formula is C20H39N3. The van der Waals surface area contributed by atoms with E-state index >= 15 is 0 Å². The normalized spacial score (nSPS) is 12.6. The van der Waals surface area contributed by atoms with E-state index in [1.807, 2.05) is 11.0 Å². The zero-order valence-electron chi connectivity index (χ0n) is 15.7. The van der Waals surface area contributed by atoms with Crippen molar-refractivity contribution in [2.75, 3.05) is 0 Å². The Labute approximate surface area is 144 Å². The van der Waals surface area contributed by atoms with Crippen molar-refractivity contribution < 1.29 is 0 Å². The molecule has 0 fully saturated rings. The van der Waals surface area contributed by atoms with Crippen molar-refractivity contribution in [3.8, 4) is 0 Å². The lowest BCUT2D eigenvalue weighted by Gasteiger charge is -2.10. The third-order valence-corrected chi connectivity index (χ3v) is 4.86. The number of unbranched alkanes of at least 4 members (excludes halogenated alkanes) is 13. The quantitative estimate of drug-likeness (QED) is 0.317. The van der Waals surface area contributed by atoms with Crippen molar-refractivity contribution in [2.45, 2.75) is 116 Å². The molecule has 0 bridgehead atoms. The summed E-state index contributed by atoms with van der Waals surface area (Å²) in [5.74, 6) is 0. The Balaban J connectivity index is 1.75. The van der Waals surface area contributed by atoms with E-state index in [0.29, 0.717) is 6.04 Å². The Morgan fingerprint density at radius 3 is 1.65 bits per heavy atom. The number of hydrogen-bond acceptors (Lipinski definition) is 2. The second kappa shape index (κ2) is 14.7. The fourth-order valence-electron chi connectivity index (χ4n) is 3.21. The summed E-state index contributed by atoms with van der Waals surface area (Å²) in [5.41, 5.74) is 0. The molecule has 1 aromatic rings. The highest BCUT2D eigenvalue weighted by atomic mass is 15.3. The van der Waals surface area contributed by atoms with Crippen molar-refractivity contribution in [3.05, 3.63) is 12.7 Å². The summed E-state index contributed by atoms with van der Waals surface area (Å²) < 4.78 is 1.97. The molecule has 3 nitrogen and oxygen atoms in total. The van der Waals surface area contributed by atoms with E-state index in [0.717, 1.165) is 0 Å². The Morgan fingerprint density at radius 1 is 0.739 bits per heavy atom. The first-order valence-electron chi connectivity index (χ1n) is 10.2. The minimum Gasteiger partial charge on any atom is -0.250 e. The highest BCUT2D eigenvalue weighted by Gasteiger charge is 2.03. The van der Waals surface area contributed by atoms with Crippen LogP contribution >= 0.6 is 0 Å². The number of nitrogens with zero attached hydrogens (tertiary/aromatic N) is 3. The van der Waals surface area contributed by atoms with E-state index < -0.39 is 0 Å². The molecule has 1 unspecified atom stereocenters. The minimum absolute atomic E-state index is 0.495. The maximum absolute atomic E-state index is 4.21. The van der Waals surface area contributed by atoms with Crippen LogP contribution in [0.15, 0.2) is 12.7 Å². The van der Waals surface area contributed by atoms with Gasteiger partial charge in [0.1, 0.15) is 12.7 Å². The summed E-state index contributed by atoms with van der Waals surface area (Å²) in [5, 5.41) is 4.21. The number of rotatable bonds is 16. The minimum atomic E-state index is 0.495. The molecule has 0 N–H and O–H groups in total. The summed E-state index contributed by atoms with van der Waals surface area (Å²) in [6, 6.07) is 0.495. The van der Waals surface area contributed by atoms with E-state index in [-0.39, 0.29) is 0 Å². The Hall–Kier alpha value is -0.860. The molecule has 0 aliphatic carbocycles. The molecule has 1 rings (SSSR count). The van der Waals surface area contributed by atoms with Crippen molar-refractivity contribution in [3.63, 3.8) is 0 Å². The smallest absolute Gasteiger partial charge is 0.137 e. The third kappa shape index (κ3) is 11.3. The molecule has 0 aromatic carbocycles. The SMILES string of the molecule is CCCCCCCCCCCCCCCCC(C)n1cncn1. The lowest BCUT2D eigenvalue weighted by Crippen LogP contribution is -2.05. The Bertz CT molecular complexity index is 335. The van der Waals surface area contributed by atoms with Gasteiger partial charge in [-0.15, -0.1) is 0 Å². The van der Waals surface area contributed by atoms with Gasteiger partial charge in [0, 0.05) is 0 Å². The average molecular weight is 322 g/mol. The number of hydrogen-bond donors (Lipinski definition) is 0. The monoisotopic (exact) mass is 321 g/mol. The zero-order chi connectivity index (χ0) is 16.6. The van der Waals surface area contributed by atoms with Crippen LogP contribution < -0.4 is 0 Å². The molecule has 1 atom stereocenters. The van der Waals surface area contributed by atoms with Crippen LogP contribution in [0.3, 0.4) is 0 Å². The van der Waals surface area contributed by atoms with Gasteiger partial charge in [-0.3, -0.25) is 4.68 Å². The van der Waals surface area contributed by atoms with Gasteiger partial charge in [0.25, 0.3) is 0 Å². The van der Waals surface area contributed by atoms with Gasteiger partial charge in [-0.2, -0.15) is 5.10 Å². The standard InChI is InChI=1S/C20H39N3/c1-3-4-5-6-7-8-9-10-11-12-13-14-15-16-17-20(2)23-19-21-18-22-23/h18-20H,3-17H2,1-2H3. The molecule has 0 aliphatic heterocycles. The molecule has 0 aliphatic rings. The first-order valence-corrected chi connectivity index (χ1v) is 10.2. The molecule has 0 amide bonds. The van der Waals surface area contributed by atoms with Crippen molar-refractivity contribution >= 4 is 0 Å². The van der Waals surface area contributed by atoms with Gasteiger partial charge in [0.05, 0.1) is 6.04 Å². The largest absolute Gasteiger partial charge is 0.250 e. The van der Waals surface area contributed by atoms with E-state index in [2.05, 4.69) is 23.9 Å². The molecule has 0 spiro atoms. The zero-order valence-corrected chi connectivity index (χ0v) is 15.7. The molecule has 0 saturated carbocycles. The van der Waals surface area contributed by atoms with Crippen LogP contribution in [0.1, 0.15) is 116 Å². The van der Waals surface area contributed by atoms with Crippen LogP contribution in [0.2, 0.25) is 0 Å². The van der Waals surface area contributed by atoms with Gasteiger partial charge in [0.2, 0.25) is 0 Å². The Morgan fingerprint density at radius 2 is 1.22 bits per heavy atom. The van der Waals surface area contributed by atoms with E-state index in [9.17, 15) is 0 Å². The lowest BCUT2D eigenvalue weighted by molar-refractivity contribution is 0.431. The fourth-order valence-corrected chi connectivity index (χ4v) is 3.21. The van der Waals surface area contributed by atoms with Crippen LogP contribution in [-0.4, -0.2) is 14.8 Å². The molecule has 1 heterocycles. The molecule has 0 saturated heterocycles. The van der Waals surface area contributed by atoms with Crippen molar-refractivity contribution in [2.24, 2.45) is 0 Å². The lowest BCUT2D eigenvalue weighted by atomic mass is 10.0. The third-order valence-electron chi connectivity index (χ3n) is 4.86. The highest BCUT2D eigenvalue weighted by molar-refractivity contribution is 4.64. The highest BCUT2D eigenvalue weighted by Crippen LogP contribution is 2.16. The van der Waals surface area contributed by atoms with Gasteiger partial charge in [-0.25, -0.2) is 4.98 Å². The van der Waals surface area contributed by atoms with Gasteiger partial charge in [0.15, 0.2) is 0 Å². The number of aromatic nitrogens is 3. The summed E-state index contributed by atoms with van der Waals surface area (Å²) in [7, 11) is 0. The molecular weight excluding hydrogens is 282 g/mol. The summed E-state index contributed by atoms with van der Waals surface area (Å²) in [6.07, 6.45) is 24.6. The predicted octanol–water partition coefficient (Wildman–Crippen LogP) is 6.71. The van der Waals surface area contributed by atoms with Crippen LogP contribution in [0.25, 0.3) is 0 Å². The molecule has 1 aromatic heterocycles. The van der Waals surface area contributed by atoms with Crippen molar-refractivity contribution in [1.82, 2.24) is 14.8 Å². The van der Waals surface area contributed by atoms with Crippen LogP contribution in [-0.2, 0) is 0 Å². The van der Waals surface area contributed by atoms with Gasteiger partial charge in [-0.05, 0) is 13.3 Å². The van der Waals surface area contributed by atoms with E-state index in [1.165, 1.54) is 96.3 Å². The summed E-state index contributed by atoms with van der Waals surface area (Å²) in [6.45, 7) is 4.52. The molecule has 3 heteroatoms. The predicted molar refractivity (Wildman–Crippen MR) is 99.7 cm³/mol. The van der Waals surface area contributed by atoms with Crippen LogP contribution in [0.5, 0.6) is 0 Å². The average Bonchev–Trinajstić information content (AvgIpc) is 3.09. The maximum atomic E-state index is 4.21. The molecule has 0 radical (unpaired) electrons. The first-order chi connectivity index (χ1) is 11.3. The Kier molecular flexibility index (Phi) is 12.9. The van der Waals surface area contributed by atoms with Gasteiger partial charge >= 0.3 is 0 Å². The first kappa shape index (κ1) is 20.2. The van der Waals surface area contributed by atoms with Crippen LogP contribution in [0.4, 0.5) is 0 Å². The maximum Gasteiger partial charge on any atom is 0.137 e. The second-order valence-corrected chi connectivity index (χ2v) is 7.11. The van der Waals surface area contributed by atoms with Crippen molar-refractivity contribution in [1.29, 1.82) is 0 Å². The fraction of sp³-hybridized carbons (Fsp3) is 0.900. The molecule has 134 valence electrons. The second-order valence-electron chi connectivity index (χ2n) is 7.11.